The Hall–Kier alpha value is -3.14. The van der Waals surface area contributed by atoms with Crippen LogP contribution in [-0.4, -0.2) is 12.6 Å². The molecule has 0 unspecified atom stereocenters. The van der Waals surface area contributed by atoms with Gasteiger partial charge in [0.1, 0.15) is 17.3 Å². The molecule has 0 N–H and O–H groups in total. The van der Waals surface area contributed by atoms with E-state index in [0.717, 1.165) is 21.9 Å². The highest BCUT2D eigenvalue weighted by atomic mass is 19.1. The summed E-state index contributed by atoms with van der Waals surface area (Å²) in [7, 11) is 0. The standard InChI is InChI=1S/C23H19FO3/c1-2-26-22(25)14-18-13-21(16-7-5-8-17(24)12-16)20-11-10-15-6-3-4-9-19(15)23(20)27-18/h3-12,14,21H,2,13H2,1H3/b18-14-/t21-/m1/s1. The number of benzene rings is 3. The Bertz CT molecular complexity index is 1040. The van der Waals surface area contributed by atoms with Crippen molar-refractivity contribution >= 4 is 16.7 Å². The van der Waals surface area contributed by atoms with Gasteiger partial charge < -0.3 is 9.47 Å². The molecule has 0 fully saturated rings. The smallest absolute Gasteiger partial charge is 0.334 e. The van der Waals surface area contributed by atoms with Gasteiger partial charge in [-0.1, -0.05) is 48.5 Å². The summed E-state index contributed by atoms with van der Waals surface area (Å²) >= 11 is 0. The van der Waals surface area contributed by atoms with E-state index in [1.807, 2.05) is 42.5 Å². The minimum atomic E-state index is -0.436. The van der Waals surface area contributed by atoms with E-state index in [-0.39, 0.29) is 11.7 Å². The molecule has 4 heteroatoms. The first kappa shape index (κ1) is 17.3. The molecule has 1 aliphatic heterocycles. The first-order valence-corrected chi connectivity index (χ1v) is 8.98. The number of hydrogen-bond donors (Lipinski definition) is 0. The molecule has 0 aromatic heterocycles. The van der Waals surface area contributed by atoms with E-state index >= 15 is 0 Å². The van der Waals surface area contributed by atoms with Crippen LogP contribution in [0.15, 0.2) is 72.5 Å². The zero-order chi connectivity index (χ0) is 18.8. The maximum atomic E-state index is 13.8. The van der Waals surface area contributed by atoms with Gasteiger partial charge in [0.2, 0.25) is 0 Å². The molecule has 27 heavy (non-hydrogen) atoms. The van der Waals surface area contributed by atoms with Crippen LogP contribution < -0.4 is 4.74 Å². The normalized spacial score (nSPS) is 17.4. The number of carbonyl (C=O) groups is 1. The van der Waals surface area contributed by atoms with Crippen molar-refractivity contribution in [3.05, 3.63) is 89.4 Å². The Morgan fingerprint density at radius 3 is 2.85 bits per heavy atom. The van der Waals surface area contributed by atoms with E-state index in [4.69, 9.17) is 9.47 Å². The summed E-state index contributed by atoms with van der Waals surface area (Å²) in [5.74, 6) is 0.414. The van der Waals surface area contributed by atoms with Gasteiger partial charge in [-0.3, -0.25) is 0 Å². The number of hydrogen-bond acceptors (Lipinski definition) is 3. The van der Waals surface area contributed by atoms with Crippen molar-refractivity contribution in [1.29, 1.82) is 0 Å². The van der Waals surface area contributed by atoms with E-state index in [2.05, 4.69) is 0 Å². The fraction of sp³-hybridized carbons (Fsp3) is 0.174. The second-order valence-corrected chi connectivity index (χ2v) is 6.48. The number of rotatable bonds is 3. The Balaban J connectivity index is 1.87. The zero-order valence-electron chi connectivity index (χ0n) is 14.9. The molecule has 4 rings (SSSR count). The Morgan fingerprint density at radius 1 is 1.19 bits per heavy atom. The third-order valence-electron chi connectivity index (χ3n) is 4.74. The van der Waals surface area contributed by atoms with Crippen LogP contribution in [0.4, 0.5) is 4.39 Å². The van der Waals surface area contributed by atoms with Gasteiger partial charge in [0.15, 0.2) is 0 Å². The average Bonchev–Trinajstić information content (AvgIpc) is 2.67. The molecule has 1 aliphatic rings. The molecular formula is C23H19FO3. The summed E-state index contributed by atoms with van der Waals surface area (Å²) < 4.78 is 25.0. The molecule has 3 nitrogen and oxygen atoms in total. The molecule has 0 radical (unpaired) electrons. The van der Waals surface area contributed by atoms with Crippen LogP contribution in [0.1, 0.15) is 30.4 Å². The lowest BCUT2D eigenvalue weighted by Crippen LogP contribution is -2.16. The SMILES string of the molecule is CCOC(=O)/C=C1/C[C@H](c2cccc(F)c2)c2ccc3ccccc3c2O1. The van der Waals surface area contributed by atoms with Gasteiger partial charge in [0.25, 0.3) is 0 Å². The third-order valence-corrected chi connectivity index (χ3v) is 4.74. The monoisotopic (exact) mass is 362 g/mol. The first-order valence-electron chi connectivity index (χ1n) is 8.98. The minimum Gasteiger partial charge on any atom is -0.463 e. The maximum Gasteiger partial charge on any atom is 0.334 e. The van der Waals surface area contributed by atoms with Crippen LogP contribution in [0.25, 0.3) is 10.8 Å². The summed E-state index contributed by atoms with van der Waals surface area (Å²) in [4.78, 5) is 11.9. The van der Waals surface area contributed by atoms with E-state index < -0.39 is 5.97 Å². The van der Waals surface area contributed by atoms with Crippen LogP contribution in [0, 0.1) is 5.82 Å². The number of carbonyl (C=O) groups excluding carboxylic acids is 1. The van der Waals surface area contributed by atoms with Crippen molar-refractivity contribution in [3.63, 3.8) is 0 Å². The molecule has 0 saturated heterocycles. The highest BCUT2D eigenvalue weighted by molar-refractivity contribution is 5.91. The van der Waals surface area contributed by atoms with Gasteiger partial charge in [0.05, 0.1) is 12.7 Å². The molecular weight excluding hydrogens is 343 g/mol. The summed E-state index contributed by atoms with van der Waals surface area (Å²) in [6.07, 6.45) is 1.86. The number of esters is 1. The number of allylic oxidation sites excluding steroid dienone is 1. The third kappa shape index (κ3) is 3.43. The Kier molecular flexibility index (Phi) is 4.63. The van der Waals surface area contributed by atoms with Gasteiger partial charge in [-0.2, -0.15) is 0 Å². The second-order valence-electron chi connectivity index (χ2n) is 6.48. The van der Waals surface area contributed by atoms with Crippen LogP contribution in [0.2, 0.25) is 0 Å². The van der Waals surface area contributed by atoms with Gasteiger partial charge >= 0.3 is 5.97 Å². The summed E-state index contributed by atoms with van der Waals surface area (Å²) in [6, 6.07) is 18.6. The predicted molar refractivity (Wildman–Crippen MR) is 102 cm³/mol. The highest BCUT2D eigenvalue weighted by Gasteiger charge is 2.28. The maximum absolute atomic E-state index is 13.8. The van der Waals surface area contributed by atoms with Crippen molar-refractivity contribution in [2.24, 2.45) is 0 Å². The molecule has 136 valence electrons. The number of fused-ring (bicyclic) bond motifs is 3. The van der Waals surface area contributed by atoms with Crippen molar-refractivity contribution in [2.75, 3.05) is 6.61 Å². The van der Waals surface area contributed by atoms with Crippen LogP contribution in [0.5, 0.6) is 5.75 Å². The number of ether oxygens (including phenoxy) is 2. The van der Waals surface area contributed by atoms with E-state index in [1.165, 1.54) is 18.2 Å². The molecule has 0 amide bonds. The Labute approximate surface area is 157 Å². The summed E-state index contributed by atoms with van der Waals surface area (Å²) in [5, 5.41) is 2.01. The quantitative estimate of drug-likeness (QED) is 0.466. The molecule has 3 aromatic carbocycles. The molecule has 0 spiro atoms. The zero-order valence-corrected chi connectivity index (χ0v) is 14.9. The lowest BCUT2D eigenvalue weighted by molar-refractivity contribution is -0.137. The fourth-order valence-corrected chi connectivity index (χ4v) is 3.56. The lowest BCUT2D eigenvalue weighted by Gasteiger charge is -2.29. The van der Waals surface area contributed by atoms with Crippen molar-refractivity contribution in [2.45, 2.75) is 19.3 Å². The largest absolute Gasteiger partial charge is 0.463 e. The lowest BCUT2D eigenvalue weighted by atomic mass is 9.84. The molecule has 0 aliphatic carbocycles. The topological polar surface area (TPSA) is 35.5 Å². The molecule has 0 saturated carbocycles. The number of halogens is 1. The van der Waals surface area contributed by atoms with Gasteiger partial charge in [-0.05, 0) is 30.0 Å². The minimum absolute atomic E-state index is 0.102. The van der Waals surface area contributed by atoms with E-state index in [0.29, 0.717) is 24.5 Å². The first-order chi connectivity index (χ1) is 13.2. The van der Waals surface area contributed by atoms with Crippen LogP contribution in [-0.2, 0) is 9.53 Å². The van der Waals surface area contributed by atoms with Crippen LogP contribution in [0.3, 0.4) is 0 Å². The average molecular weight is 362 g/mol. The second kappa shape index (κ2) is 7.23. The molecule has 0 bridgehead atoms. The van der Waals surface area contributed by atoms with E-state index in [1.54, 1.807) is 13.0 Å². The summed E-state index contributed by atoms with van der Waals surface area (Å²) in [5.41, 5.74) is 1.84. The van der Waals surface area contributed by atoms with Gasteiger partial charge in [-0.25, -0.2) is 9.18 Å². The predicted octanol–water partition coefficient (Wildman–Crippen LogP) is 5.34. The molecule has 3 aromatic rings. The van der Waals surface area contributed by atoms with Crippen molar-refractivity contribution in [3.8, 4) is 5.75 Å². The van der Waals surface area contributed by atoms with Gasteiger partial charge in [0, 0.05) is 23.3 Å². The molecule has 1 atom stereocenters. The Morgan fingerprint density at radius 2 is 2.04 bits per heavy atom. The van der Waals surface area contributed by atoms with Gasteiger partial charge in [-0.15, -0.1) is 0 Å². The van der Waals surface area contributed by atoms with Crippen molar-refractivity contribution in [1.82, 2.24) is 0 Å². The summed E-state index contributed by atoms with van der Waals surface area (Å²) in [6.45, 7) is 2.06. The van der Waals surface area contributed by atoms with Crippen LogP contribution >= 0.6 is 0 Å². The van der Waals surface area contributed by atoms with E-state index in [9.17, 15) is 9.18 Å². The fourth-order valence-electron chi connectivity index (χ4n) is 3.56. The highest BCUT2D eigenvalue weighted by Crippen LogP contribution is 2.45. The molecule has 1 heterocycles. The van der Waals surface area contributed by atoms with Crippen molar-refractivity contribution < 1.29 is 18.7 Å².